The summed E-state index contributed by atoms with van der Waals surface area (Å²) < 4.78 is 0. The van der Waals surface area contributed by atoms with Crippen LogP contribution in [0, 0.1) is 0 Å². The number of nitrogens with one attached hydrogen (secondary N) is 1. The zero-order chi connectivity index (χ0) is 6.74. The summed E-state index contributed by atoms with van der Waals surface area (Å²) in [5, 5.41) is 3.13. The van der Waals surface area contributed by atoms with Gasteiger partial charge in [0.15, 0.2) is 0 Å². The molecular weight excluding hydrogens is 112 g/mol. The van der Waals surface area contributed by atoms with E-state index in [2.05, 4.69) is 23.3 Å². The first-order valence-corrected chi connectivity index (χ1v) is 3.16. The molecule has 0 aliphatic carbocycles. The molecule has 0 aromatic carbocycles. The van der Waals surface area contributed by atoms with Crippen molar-refractivity contribution in [3.63, 3.8) is 0 Å². The summed E-state index contributed by atoms with van der Waals surface area (Å²) in [6.45, 7) is 2.08. The van der Waals surface area contributed by atoms with Crippen LogP contribution >= 0.6 is 0 Å². The van der Waals surface area contributed by atoms with Crippen molar-refractivity contribution >= 4 is 6.21 Å². The van der Waals surface area contributed by atoms with Crippen LogP contribution in [0.3, 0.4) is 0 Å². The van der Waals surface area contributed by atoms with Crippen LogP contribution < -0.4 is 5.32 Å². The highest BCUT2D eigenvalue weighted by Crippen LogP contribution is 2.13. The maximum absolute atomic E-state index is 4.26. The highest BCUT2D eigenvalue weighted by molar-refractivity contribution is 5.72. The fraction of sp³-hybridized carbons (Fsp3) is 0.571. The number of hydrogen-bond donors (Lipinski definition) is 1. The Labute approximate surface area is 55.7 Å². The topological polar surface area (TPSA) is 24.4 Å². The molecule has 0 saturated carbocycles. The molecule has 1 heterocycles. The van der Waals surface area contributed by atoms with Gasteiger partial charge in [0.05, 0.1) is 0 Å². The second kappa shape index (κ2) is 2.31. The predicted molar refractivity (Wildman–Crippen MR) is 39.7 cm³/mol. The summed E-state index contributed by atoms with van der Waals surface area (Å²) in [5.41, 5.74) is -0.0469. The molecule has 2 heteroatoms. The molecule has 0 aromatic heterocycles. The van der Waals surface area contributed by atoms with Crippen LogP contribution in [0.5, 0.6) is 0 Å². The minimum atomic E-state index is -0.0469. The molecule has 1 atom stereocenters. The molecule has 1 N–H and O–H groups in total. The standard InChI is InChI=1S/C7H12N2/c1-7(8-2)5-3-4-6-9-7/h3-4,6,8H,5H2,1-2H3. The third-order valence-electron chi connectivity index (χ3n) is 1.64. The third kappa shape index (κ3) is 1.39. The van der Waals surface area contributed by atoms with Crippen LogP contribution in [0.15, 0.2) is 17.1 Å². The lowest BCUT2D eigenvalue weighted by atomic mass is 10.1. The molecular formula is C7H12N2. The summed E-state index contributed by atoms with van der Waals surface area (Å²) >= 11 is 0. The van der Waals surface area contributed by atoms with E-state index in [-0.39, 0.29) is 5.66 Å². The van der Waals surface area contributed by atoms with E-state index < -0.39 is 0 Å². The van der Waals surface area contributed by atoms with E-state index in [0.29, 0.717) is 0 Å². The van der Waals surface area contributed by atoms with Crippen LogP contribution in [0.4, 0.5) is 0 Å². The Bertz CT molecular complexity index is 149. The Hall–Kier alpha value is -0.630. The lowest BCUT2D eigenvalue weighted by Gasteiger charge is -2.24. The Morgan fingerprint density at radius 1 is 1.67 bits per heavy atom. The number of nitrogens with zero attached hydrogens (tertiary/aromatic N) is 1. The molecule has 2 nitrogen and oxygen atoms in total. The van der Waals surface area contributed by atoms with Crippen LogP contribution in [0.2, 0.25) is 0 Å². The van der Waals surface area contributed by atoms with Gasteiger partial charge in [0.1, 0.15) is 5.66 Å². The minimum Gasteiger partial charge on any atom is -0.296 e. The van der Waals surface area contributed by atoms with Crippen LogP contribution in [-0.4, -0.2) is 18.9 Å². The minimum absolute atomic E-state index is 0.0469. The maximum atomic E-state index is 4.26. The lowest BCUT2D eigenvalue weighted by Crippen LogP contribution is -2.37. The molecule has 1 aliphatic rings. The molecule has 0 radical (unpaired) electrons. The van der Waals surface area contributed by atoms with E-state index in [1.807, 2.05) is 19.3 Å². The molecule has 9 heavy (non-hydrogen) atoms. The summed E-state index contributed by atoms with van der Waals surface area (Å²) in [4.78, 5) is 4.26. The van der Waals surface area contributed by atoms with Gasteiger partial charge in [0, 0.05) is 12.6 Å². The normalized spacial score (nSPS) is 33.1. The van der Waals surface area contributed by atoms with Gasteiger partial charge in [-0.15, -0.1) is 0 Å². The quantitative estimate of drug-likeness (QED) is 0.553. The Morgan fingerprint density at radius 3 is 2.78 bits per heavy atom. The number of dihydropyridines is 1. The van der Waals surface area contributed by atoms with Gasteiger partial charge < -0.3 is 0 Å². The summed E-state index contributed by atoms with van der Waals surface area (Å²) in [5.74, 6) is 0. The lowest BCUT2D eigenvalue weighted by molar-refractivity contribution is 0.407. The zero-order valence-electron chi connectivity index (χ0n) is 5.89. The van der Waals surface area contributed by atoms with E-state index in [9.17, 15) is 0 Å². The van der Waals surface area contributed by atoms with Crippen molar-refractivity contribution in [3.8, 4) is 0 Å². The first-order valence-electron chi connectivity index (χ1n) is 3.16. The van der Waals surface area contributed by atoms with Gasteiger partial charge in [0.2, 0.25) is 0 Å². The largest absolute Gasteiger partial charge is 0.296 e. The fourth-order valence-corrected chi connectivity index (χ4v) is 0.785. The van der Waals surface area contributed by atoms with E-state index >= 15 is 0 Å². The van der Waals surface area contributed by atoms with E-state index in [4.69, 9.17) is 0 Å². The summed E-state index contributed by atoms with van der Waals surface area (Å²) in [6.07, 6.45) is 6.91. The first-order chi connectivity index (χ1) is 4.27. The molecule has 1 rings (SSSR count). The second-order valence-corrected chi connectivity index (χ2v) is 2.43. The number of aliphatic imine (C=N–C) groups is 1. The van der Waals surface area contributed by atoms with Crippen molar-refractivity contribution in [2.24, 2.45) is 4.99 Å². The monoisotopic (exact) mass is 124 g/mol. The fourth-order valence-electron chi connectivity index (χ4n) is 0.785. The van der Waals surface area contributed by atoms with Crippen LogP contribution in [-0.2, 0) is 0 Å². The Morgan fingerprint density at radius 2 is 2.44 bits per heavy atom. The van der Waals surface area contributed by atoms with E-state index in [1.54, 1.807) is 0 Å². The molecule has 0 aromatic rings. The van der Waals surface area contributed by atoms with Crippen molar-refractivity contribution in [1.82, 2.24) is 5.32 Å². The molecule has 50 valence electrons. The second-order valence-electron chi connectivity index (χ2n) is 2.43. The van der Waals surface area contributed by atoms with Gasteiger partial charge in [0.25, 0.3) is 0 Å². The van der Waals surface area contributed by atoms with Gasteiger partial charge in [-0.25, -0.2) is 0 Å². The molecule has 0 amide bonds. The number of hydrogen-bond acceptors (Lipinski definition) is 2. The smallest absolute Gasteiger partial charge is 0.111 e. The zero-order valence-corrected chi connectivity index (χ0v) is 5.89. The van der Waals surface area contributed by atoms with Crippen molar-refractivity contribution in [3.05, 3.63) is 12.2 Å². The molecule has 0 fully saturated rings. The van der Waals surface area contributed by atoms with Crippen LogP contribution in [0.25, 0.3) is 0 Å². The average Bonchev–Trinajstić information content (AvgIpc) is 1.90. The Balaban J connectivity index is 2.63. The van der Waals surface area contributed by atoms with Crippen molar-refractivity contribution in [1.29, 1.82) is 0 Å². The van der Waals surface area contributed by atoms with Crippen LogP contribution in [0.1, 0.15) is 13.3 Å². The van der Waals surface area contributed by atoms with Gasteiger partial charge in [-0.2, -0.15) is 0 Å². The Kier molecular flexibility index (Phi) is 1.67. The van der Waals surface area contributed by atoms with E-state index in [1.165, 1.54) is 0 Å². The average molecular weight is 124 g/mol. The van der Waals surface area contributed by atoms with Crippen molar-refractivity contribution in [2.45, 2.75) is 19.0 Å². The van der Waals surface area contributed by atoms with Gasteiger partial charge in [-0.1, -0.05) is 6.08 Å². The predicted octanol–water partition coefficient (Wildman–Crippen LogP) is 0.953. The SMILES string of the molecule is CNC1(C)CC=CC=N1. The molecule has 0 saturated heterocycles. The summed E-state index contributed by atoms with van der Waals surface area (Å²) in [7, 11) is 1.93. The van der Waals surface area contributed by atoms with Crippen molar-refractivity contribution < 1.29 is 0 Å². The highest BCUT2D eigenvalue weighted by atomic mass is 15.1. The van der Waals surface area contributed by atoms with Gasteiger partial charge in [-0.3, -0.25) is 10.3 Å². The van der Waals surface area contributed by atoms with E-state index in [0.717, 1.165) is 6.42 Å². The molecule has 1 aliphatic heterocycles. The first kappa shape index (κ1) is 6.49. The highest BCUT2D eigenvalue weighted by Gasteiger charge is 2.18. The third-order valence-corrected chi connectivity index (χ3v) is 1.64. The van der Waals surface area contributed by atoms with Gasteiger partial charge >= 0.3 is 0 Å². The molecule has 0 bridgehead atoms. The molecule has 0 spiro atoms. The number of allylic oxidation sites excluding steroid dienone is 1. The summed E-state index contributed by atoms with van der Waals surface area (Å²) in [6, 6.07) is 0. The number of rotatable bonds is 1. The molecule has 1 unspecified atom stereocenters. The van der Waals surface area contributed by atoms with Gasteiger partial charge in [-0.05, 0) is 20.0 Å². The van der Waals surface area contributed by atoms with Crippen molar-refractivity contribution in [2.75, 3.05) is 7.05 Å². The maximum Gasteiger partial charge on any atom is 0.111 e.